The normalized spacial score (nSPS) is 19.1. The number of nitrogens with one attached hydrogen (secondary N) is 3. The number of aliphatic hydroxyl groups is 3. The van der Waals surface area contributed by atoms with E-state index in [2.05, 4.69) is 32.2 Å². The van der Waals surface area contributed by atoms with Crippen molar-refractivity contribution >= 4 is 27.5 Å². The number of nitrogens with zero attached hydrogens (tertiary/aromatic N) is 2. The number of anilines is 1. The first kappa shape index (κ1) is 28.1. The molecule has 12 heteroatoms. The van der Waals surface area contributed by atoms with Crippen molar-refractivity contribution in [2.24, 2.45) is 0 Å². The maximum atomic E-state index is 12.4. The van der Waals surface area contributed by atoms with Gasteiger partial charge in [-0.25, -0.2) is 18.1 Å². The second-order valence-electron chi connectivity index (χ2n) is 9.10. The van der Waals surface area contributed by atoms with Crippen molar-refractivity contribution in [2.45, 2.75) is 68.6 Å². The molecule has 0 saturated heterocycles. The van der Waals surface area contributed by atoms with Crippen molar-refractivity contribution in [2.75, 3.05) is 25.0 Å². The first-order chi connectivity index (χ1) is 17.2. The molecule has 0 bridgehead atoms. The monoisotopic (exact) mass is 521 g/mol. The standard InChI is InChI=1S/C24H36N6O5S/c1-2-3-12-26-24-27-14-21(23(30-24)29-17-6-8-18(32)9-7-17)22(25)16-4-10-20(11-5-16)36(34,35)28-13-19(33)15-31/h4-5,10-11,14,17-19,25,28,31-33H,2-3,6-9,12-13,15H2,1H3,(H2,26,27,29,30)/p+1/t17?,18?,19-/m1/s1. The molecule has 36 heavy (non-hydrogen) atoms. The number of hydrogen-bond acceptors (Lipinski definition) is 9. The van der Waals surface area contributed by atoms with E-state index in [1.807, 2.05) is 0 Å². The van der Waals surface area contributed by atoms with Gasteiger partial charge >= 0.3 is 0 Å². The molecule has 0 radical (unpaired) electrons. The van der Waals surface area contributed by atoms with Crippen LogP contribution in [0, 0.1) is 5.41 Å². The van der Waals surface area contributed by atoms with E-state index in [1.54, 1.807) is 18.3 Å². The lowest BCUT2D eigenvalue weighted by atomic mass is 9.93. The van der Waals surface area contributed by atoms with Crippen molar-refractivity contribution in [1.82, 2.24) is 14.7 Å². The highest BCUT2D eigenvalue weighted by Gasteiger charge is 2.26. The van der Waals surface area contributed by atoms with Gasteiger partial charge in [0.1, 0.15) is 5.56 Å². The fraction of sp³-hybridized carbons (Fsp3) is 0.542. The molecule has 1 aliphatic carbocycles. The molecule has 0 unspecified atom stereocenters. The summed E-state index contributed by atoms with van der Waals surface area (Å²) in [7, 11) is -3.87. The van der Waals surface area contributed by atoms with E-state index in [1.165, 1.54) is 12.1 Å². The summed E-state index contributed by atoms with van der Waals surface area (Å²) >= 11 is 0. The third-order valence-corrected chi connectivity index (χ3v) is 7.65. The van der Waals surface area contributed by atoms with Crippen LogP contribution in [0.3, 0.4) is 0 Å². The second kappa shape index (κ2) is 13.2. The fourth-order valence-corrected chi connectivity index (χ4v) is 5.05. The minimum absolute atomic E-state index is 0.0107. The van der Waals surface area contributed by atoms with E-state index in [4.69, 9.17) is 10.5 Å². The van der Waals surface area contributed by atoms with Crippen LogP contribution in [0.25, 0.3) is 0 Å². The van der Waals surface area contributed by atoms with Crippen LogP contribution in [0.1, 0.15) is 56.6 Å². The van der Waals surface area contributed by atoms with E-state index < -0.39 is 22.7 Å². The third-order valence-electron chi connectivity index (χ3n) is 6.21. The molecule has 1 fully saturated rings. The van der Waals surface area contributed by atoms with Gasteiger partial charge in [-0.05, 0) is 31.4 Å². The maximum absolute atomic E-state index is 12.4. The zero-order chi connectivity index (χ0) is 26.1. The zero-order valence-electron chi connectivity index (χ0n) is 20.5. The topological polar surface area (TPSA) is 185 Å². The van der Waals surface area contributed by atoms with Crippen molar-refractivity contribution in [3.63, 3.8) is 0 Å². The highest BCUT2D eigenvalue weighted by atomic mass is 32.2. The number of aliphatic hydroxyl groups excluding tert-OH is 3. The van der Waals surface area contributed by atoms with Crippen molar-refractivity contribution in [3.8, 4) is 0 Å². The molecule has 0 amide bonds. The molecule has 11 nitrogen and oxygen atoms in total. The van der Waals surface area contributed by atoms with Crippen LogP contribution in [0.5, 0.6) is 0 Å². The molecule has 1 aromatic heterocycles. The summed E-state index contributed by atoms with van der Waals surface area (Å²) < 4.78 is 27.1. The van der Waals surface area contributed by atoms with Crippen molar-refractivity contribution < 1.29 is 29.1 Å². The lowest BCUT2D eigenvalue weighted by molar-refractivity contribution is -0.618. The van der Waals surface area contributed by atoms with E-state index in [9.17, 15) is 18.6 Å². The van der Waals surface area contributed by atoms with Crippen LogP contribution in [0.15, 0.2) is 35.4 Å². The van der Waals surface area contributed by atoms with Crippen LogP contribution in [0.4, 0.5) is 11.8 Å². The van der Waals surface area contributed by atoms with Gasteiger partial charge in [0.15, 0.2) is 0 Å². The van der Waals surface area contributed by atoms with Crippen LogP contribution in [-0.2, 0) is 10.0 Å². The summed E-state index contributed by atoms with van der Waals surface area (Å²) in [6, 6.07) is 6.13. The van der Waals surface area contributed by atoms with Crippen molar-refractivity contribution in [3.05, 3.63) is 41.6 Å². The number of quaternary nitrogens is 1. The predicted octanol–water partition coefficient (Wildman–Crippen LogP) is 0.235. The molecule has 198 valence electrons. The lowest BCUT2D eigenvalue weighted by Crippen LogP contribution is -2.85. The van der Waals surface area contributed by atoms with Crippen LogP contribution >= 0.6 is 0 Å². The highest BCUT2D eigenvalue weighted by Crippen LogP contribution is 2.20. The van der Waals surface area contributed by atoms with E-state index in [0.717, 1.165) is 45.1 Å². The number of sulfonamides is 1. The lowest BCUT2D eigenvalue weighted by Gasteiger charge is -2.24. The summed E-state index contributed by atoms with van der Waals surface area (Å²) in [5, 5.41) is 42.2. The Kier molecular flexibility index (Phi) is 10.3. The van der Waals surface area contributed by atoms with E-state index in [0.29, 0.717) is 22.9 Å². The molecule has 8 N–H and O–H groups in total. The first-order valence-corrected chi connectivity index (χ1v) is 13.8. The number of aromatic nitrogens is 2. The van der Waals surface area contributed by atoms with E-state index in [-0.39, 0.29) is 29.3 Å². The smallest absolute Gasteiger partial charge is 0.240 e. The molecule has 1 aliphatic rings. The summed E-state index contributed by atoms with van der Waals surface area (Å²) in [5.41, 5.74) is 1.22. The largest absolute Gasteiger partial charge is 0.394 e. The van der Waals surface area contributed by atoms with E-state index >= 15 is 0 Å². The Morgan fingerprint density at radius 2 is 1.92 bits per heavy atom. The van der Waals surface area contributed by atoms with Crippen LogP contribution in [-0.4, -0.2) is 77.4 Å². The average molecular weight is 522 g/mol. The molecule has 1 atom stereocenters. The van der Waals surface area contributed by atoms with Gasteiger partial charge in [0.05, 0.1) is 35.5 Å². The van der Waals surface area contributed by atoms with Gasteiger partial charge in [-0.2, -0.15) is 4.98 Å². The third kappa shape index (κ3) is 7.76. The Hall–Kier alpha value is -2.48. The minimum atomic E-state index is -3.87. The maximum Gasteiger partial charge on any atom is 0.240 e. The molecule has 0 aliphatic heterocycles. The average Bonchev–Trinajstić information content (AvgIpc) is 2.88. The number of hydrogen-bond donors (Lipinski definition) is 7. The quantitative estimate of drug-likeness (QED) is 0.144. The van der Waals surface area contributed by atoms with Gasteiger partial charge in [0.25, 0.3) is 0 Å². The summed E-state index contributed by atoms with van der Waals surface area (Å²) in [5.74, 6) is 1.14. The SMILES string of the molecule is CCCCNc1ncc(C(=N)c2ccc(S(=O)(=O)NC[C@@H](O)CO)cc2)c([NH2+]C2CCC(O)CC2)n1. The zero-order valence-corrected chi connectivity index (χ0v) is 21.3. The Balaban J connectivity index is 1.81. The fourth-order valence-electron chi connectivity index (χ4n) is 3.98. The minimum Gasteiger partial charge on any atom is -0.394 e. The molecule has 2 aromatic rings. The van der Waals surface area contributed by atoms with Crippen LogP contribution < -0.4 is 15.4 Å². The summed E-state index contributed by atoms with van der Waals surface area (Å²) in [4.78, 5) is 9.06. The summed E-state index contributed by atoms with van der Waals surface area (Å²) in [6.45, 7) is 2.01. The molecule has 1 heterocycles. The Bertz CT molecular complexity index is 1100. The highest BCUT2D eigenvalue weighted by molar-refractivity contribution is 7.89. The molecule has 0 spiro atoms. The Morgan fingerprint density at radius 1 is 1.22 bits per heavy atom. The number of unbranched alkanes of at least 4 members (excludes halogenated alkanes) is 1. The van der Waals surface area contributed by atoms with Gasteiger partial charge in [-0.3, -0.25) is 10.7 Å². The number of rotatable bonds is 13. The molecular formula is C24H37N6O5S+. The van der Waals surface area contributed by atoms with Crippen molar-refractivity contribution in [1.29, 1.82) is 5.41 Å². The van der Waals surface area contributed by atoms with Gasteiger partial charge in [-0.15, -0.1) is 0 Å². The predicted molar refractivity (Wildman–Crippen MR) is 136 cm³/mol. The van der Waals surface area contributed by atoms with Gasteiger partial charge in [-0.1, -0.05) is 25.5 Å². The molecule has 1 saturated carbocycles. The number of nitrogens with two attached hydrogens (primary N) is 1. The number of benzene rings is 1. The van der Waals surface area contributed by atoms with Gasteiger partial charge in [0, 0.05) is 37.7 Å². The van der Waals surface area contributed by atoms with Gasteiger partial charge < -0.3 is 20.6 Å². The van der Waals surface area contributed by atoms with Crippen LogP contribution in [0.2, 0.25) is 0 Å². The Morgan fingerprint density at radius 3 is 2.56 bits per heavy atom. The molecular weight excluding hydrogens is 484 g/mol. The Labute approximate surface area is 212 Å². The molecule has 1 aromatic carbocycles. The molecule has 3 rings (SSSR count). The summed E-state index contributed by atoms with van der Waals surface area (Å²) in [6.07, 6.45) is 5.37. The van der Waals surface area contributed by atoms with Gasteiger partial charge in [0.2, 0.25) is 21.8 Å². The second-order valence-corrected chi connectivity index (χ2v) is 10.9. The first-order valence-electron chi connectivity index (χ1n) is 12.3.